The Hall–Kier alpha value is -4.37. The molecule has 6 rings (SSSR count). The minimum absolute atomic E-state index is 0.101. The zero-order valence-corrected chi connectivity index (χ0v) is 21.5. The second-order valence-electron chi connectivity index (χ2n) is 10.3. The number of para-hydroxylation sites is 1. The number of hydrogen-bond acceptors (Lipinski definition) is 4. The summed E-state index contributed by atoms with van der Waals surface area (Å²) in [4.78, 5) is 33.5. The fourth-order valence-electron chi connectivity index (χ4n) is 5.98. The van der Waals surface area contributed by atoms with Crippen LogP contribution in [0.2, 0.25) is 0 Å². The predicted molar refractivity (Wildman–Crippen MR) is 145 cm³/mol. The third kappa shape index (κ3) is 4.28. The van der Waals surface area contributed by atoms with Gasteiger partial charge in [0.25, 0.3) is 0 Å². The molecule has 200 valence electrons. The molecule has 1 aromatic heterocycles. The van der Waals surface area contributed by atoms with Crippen molar-refractivity contribution in [1.29, 1.82) is 0 Å². The first-order valence-electron chi connectivity index (χ1n) is 12.9. The number of anilines is 1. The maximum atomic E-state index is 14.2. The molecule has 0 aliphatic carbocycles. The highest BCUT2D eigenvalue weighted by molar-refractivity contribution is 5.93. The van der Waals surface area contributed by atoms with Crippen LogP contribution in [0.25, 0.3) is 10.9 Å². The fraction of sp³-hybridized carbons (Fsp3) is 0.267. The van der Waals surface area contributed by atoms with Gasteiger partial charge in [0.1, 0.15) is 11.6 Å². The van der Waals surface area contributed by atoms with Crippen molar-refractivity contribution in [2.45, 2.75) is 17.9 Å². The number of aromatic nitrogens is 1. The zero-order chi connectivity index (χ0) is 27.1. The van der Waals surface area contributed by atoms with Crippen LogP contribution in [0.15, 0.2) is 72.8 Å². The molecule has 9 heteroatoms. The molecular formula is C30H29FN4O4. The van der Waals surface area contributed by atoms with Crippen molar-refractivity contribution in [3.8, 4) is 5.75 Å². The molecule has 3 heterocycles. The van der Waals surface area contributed by atoms with Gasteiger partial charge in [0.2, 0.25) is 5.91 Å². The average Bonchev–Trinajstić information content (AvgIpc) is 3.31. The number of fused-ring (bicyclic) bond motifs is 4. The van der Waals surface area contributed by atoms with E-state index in [4.69, 9.17) is 4.74 Å². The van der Waals surface area contributed by atoms with Crippen molar-refractivity contribution in [3.63, 3.8) is 0 Å². The molecule has 1 saturated heterocycles. The Balaban J connectivity index is 1.35. The summed E-state index contributed by atoms with van der Waals surface area (Å²) in [5, 5.41) is 14.1. The average molecular weight is 529 g/mol. The zero-order valence-electron chi connectivity index (χ0n) is 21.5. The molecule has 1 spiro atoms. The number of amides is 3. The number of aliphatic hydroxyl groups excluding tert-OH is 1. The molecule has 4 aromatic rings. The minimum Gasteiger partial charge on any atom is -0.497 e. The van der Waals surface area contributed by atoms with E-state index in [9.17, 15) is 19.1 Å². The van der Waals surface area contributed by atoms with Crippen LogP contribution in [-0.4, -0.2) is 65.2 Å². The van der Waals surface area contributed by atoms with Crippen LogP contribution < -0.4 is 10.1 Å². The Morgan fingerprint density at radius 1 is 1.08 bits per heavy atom. The molecule has 2 aliphatic heterocycles. The van der Waals surface area contributed by atoms with Gasteiger partial charge in [0.05, 0.1) is 37.3 Å². The van der Waals surface area contributed by atoms with Gasteiger partial charge < -0.3 is 29.9 Å². The van der Waals surface area contributed by atoms with Crippen molar-refractivity contribution in [1.82, 2.24) is 14.8 Å². The fourth-order valence-corrected chi connectivity index (χ4v) is 5.98. The number of halogens is 1. The Labute approximate surface area is 225 Å². The molecule has 0 saturated carbocycles. The largest absolute Gasteiger partial charge is 0.497 e. The van der Waals surface area contributed by atoms with Gasteiger partial charge in [-0.3, -0.25) is 4.79 Å². The van der Waals surface area contributed by atoms with Gasteiger partial charge in [-0.2, -0.15) is 0 Å². The molecule has 0 bridgehead atoms. The Kier molecular flexibility index (Phi) is 6.23. The number of carbonyl (C=O) groups is 2. The van der Waals surface area contributed by atoms with Gasteiger partial charge in [-0.25, -0.2) is 9.18 Å². The monoisotopic (exact) mass is 528 g/mol. The number of likely N-dealkylation sites (tertiary alicyclic amines) is 1. The standard InChI is InChI=1S/C30H29FN4O4/c1-39-20-11-12-21-24(14-20)32-28-25(15-36)35(26(37)13-19-7-3-2-4-8-19)18-30(27(21)28)16-34(17-30)29(38)33-23-10-6-5-9-22(23)31/h2-12,14,25,32,36H,13,15-18H2,1H3,(H,33,38)/t25-/m0/s1. The van der Waals surface area contributed by atoms with Crippen molar-refractivity contribution in [2.24, 2.45) is 0 Å². The first-order chi connectivity index (χ1) is 18.9. The third-order valence-electron chi connectivity index (χ3n) is 7.83. The van der Waals surface area contributed by atoms with Crippen molar-refractivity contribution < 1.29 is 23.8 Å². The van der Waals surface area contributed by atoms with E-state index in [1.807, 2.05) is 48.5 Å². The Morgan fingerprint density at radius 3 is 2.54 bits per heavy atom. The maximum absolute atomic E-state index is 14.2. The van der Waals surface area contributed by atoms with E-state index in [0.29, 0.717) is 25.4 Å². The normalized spacial score (nSPS) is 17.6. The van der Waals surface area contributed by atoms with Crippen molar-refractivity contribution in [3.05, 3.63) is 95.4 Å². The lowest BCUT2D eigenvalue weighted by molar-refractivity contribution is -0.137. The minimum atomic E-state index is -0.554. The summed E-state index contributed by atoms with van der Waals surface area (Å²) < 4.78 is 19.6. The van der Waals surface area contributed by atoms with Gasteiger partial charge in [-0.15, -0.1) is 0 Å². The predicted octanol–water partition coefficient (Wildman–Crippen LogP) is 4.22. The molecule has 0 unspecified atom stereocenters. The van der Waals surface area contributed by atoms with Gasteiger partial charge >= 0.3 is 6.03 Å². The number of urea groups is 1. The van der Waals surface area contributed by atoms with Crippen molar-refractivity contribution >= 4 is 28.5 Å². The second kappa shape index (κ2) is 9.74. The molecule has 3 aromatic carbocycles. The van der Waals surface area contributed by atoms with E-state index in [2.05, 4.69) is 10.3 Å². The SMILES string of the molecule is COc1ccc2c3c([nH]c2c1)[C@H](CO)N(C(=O)Cc1ccccc1)CC31CN(C(=O)Nc2ccccc2F)C1. The quantitative estimate of drug-likeness (QED) is 0.361. The molecule has 39 heavy (non-hydrogen) atoms. The van der Waals surface area contributed by atoms with E-state index in [0.717, 1.165) is 27.7 Å². The number of rotatable bonds is 5. The first-order valence-corrected chi connectivity index (χ1v) is 12.9. The van der Waals surface area contributed by atoms with E-state index in [1.54, 1.807) is 29.0 Å². The van der Waals surface area contributed by atoms with E-state index in [-0.39, 0.29) is 24.6 Å². The highest BCUT2D eigenvalue weighted by atomic mass is 19.1. The number of nitrogens with one attached hydrogen (secondary N) is 2. The number of aromatic amines is 1. The Morgan fingerprint density at radius 2 is 1.82 bits per heavy atom. The lowest BCUT2D eigenvalue weighted by atomic mass is 9.68. The maximum Gasteiger partial charge on any atom is 0.321 e. The van der Waals surface area contributed by atoms with E-state index < -0.39 is 23.3 Å². The van der Waals surface area contributed by atoms with Gasteiger partial charge in [-0.05, 0) is 35.4 Å². The number of benzene rings is 3. The van der Waals surface area contributed by atoms with Crippen LogP contribution >= 0.6 is 0 Å². The van der Waals surface area contributed by atoms with Gasteiger partial charge in [0, 0.05) is 42.3 Å². The molecule has 2 aliphatic rings. The summed E-state index contributed by atoms with van der Waals surface area (Å²) >= 11 is 0. The summed E-state index contributed by atoms with van der Waals surface area (Å²) in [7, 11) is 1.60. The number of H-pyrrole nitrogens is 1. The first kappa shape index (κ1) is 24.9. The number of methoxy groups -OCH3 is 1. The molecule has 3 N–H and O–H groups in total. The van der Waals surface area contributed by atoms with Crippen LogP contribution in [0.3, 0.4) is 0 Å². The number of nitrogens with zero attached hydrogens (tertiary/aromatic N) is 2. The summed E-state index contributed by atoms with van der Waals surface area (Å²) in [6.07, 6.45) is 0.203. The number of hydrogen-bond donors (Lipinski definition) is 3. The summed E-state index contributed by atoms with van der Waals surface area (Å²) in [6.45, 7) is 0.781. The number of carbonyl (C=O) groups excluding carboxylic acids is 2. The second-order valence-corrected chi connectivity index (χ2v) is 10.3. The molecule has 8 nitrogen and oxygen atoms in total. The smallest absolute Gasteiger partial charge is 0.321 e. The lowest BCUT2D eigenvalue weighted by Gasteiger charge is -2.56. The molecule has 3 amide bonds. The highest BCUT2D eigenvalue weighted by Crippen LogP contribution is 2.48. The highest BCUT2D eigenvalue weighted by Gasteiger charge is 2.55. The van der Waals surface area contributed by atoms with Crippen LogP contribution in [0.4, 0.5) is 14.9 Å². The van der Waals surface area contributed by atoms with Crippen LogP contribution in [0, 0.1) is 5.82 Å². The van der Waals surface area contributed by atoms with Gasteiger partial charge in [0.15, 0.2) is 0 Å². The Bertz CT molecular complexity index is 1550. The third-order valence-corrected chi connectivity index (χ3v) is 7.83. The number of aliphatic hydroxyl groups is 1. The number of ether oxygens (including phenoxy) is 1. The van der Waals surface area contributed by atoms with E-state index >= 15 is 0 Å². The summed E-state index contributed by atoms with van der Waals surface area (Å²) in [5.41, 5.74) is 3.06. The molecule has 0 radical (unpaired) electrons. The van der Waals surface area contributed by atoms with Crippen molar-refractivity contribution in [2.75, 3.05) is 38.7 Å². The van der Waals surface area contributed by atoms with Crippen LogP contribution in [0.1, 0.15) is 22.9 Å². The topological polar surface area (TPSA) is 97.9 Å². The molecular weight excluding hydrogens is 499 g/mol. The van der Waals surface area contributed by atoms with Crippen LogP contribution in [-0.2, 0) is 16.6 Å². The summed E-state index contributed by atoms with van der Waals surface area (Å²) in [6, 6.07) is 20.3. The molecule has 1 fully saturated rings. The summed E-state index contributed by atoms with van der Waals surface area (Å²) in [5.74, 6) is 0.0815. The van der Waals surface area contributed by atoms with Crippen LogP contribution in [0.5, 0.6) is 5.75 Å². The lowest BCUT2D eigenvalue weighted by Crippen LogP contribution is -2.68. The van der Waals surface area contributed by atoms with E-state index in [1.165, 1.54) is 12.1 Å². The molecule has 1 atom stereocenters. The van der Waals surface area contributed by atoms with Gasteiger partial charge in [-0.1, -0.05) is 42.5 Å².